The molecule has 0 atom stereocenters. The number of rotatable bonds is 5. The number of amides is 2. The van der Waals surface area contributed by atoms with E-state index in [1.54, 1.807) is 0 Å². The van der Waals surface area contributed by atoms with E-state index in [4.69, 9.17) is 0 Å². The Kier molecular flexibility index (Phi) is 6.16. The zero-order valence-corrected chi connectivity index (χ0v) is 17.0. The van der Waals surface area contributed by atoms with Crippen molar-refractivity contribution >= 4 is 17.7 Å². The molecule has 1 aromatic heterocycles. The molecule has 3 N–H and O–H groups in total. The smallest absolute Gasteiger partial charge is 0.307 e. The maximum Gasteiger partial charge on any atom is 0.416 e. The Balaban J connectivity index is 1.51. The average Bonchev–Trinajstić information content (AvgIpc) is 2.83. The monoisotopic (exact) mass is 450 g/mol. The molecule has 0 fully saturated rings. The zero-order chi connectivity index (χ0) is 23.3. The van der Waals surface area contributed by atoms with E-state index in [2.05, 4.69) is 31.3 Å². The summed E-state index contributed by atoms with van der Waals surface area (Å²) in [7, 11) is 0. The Morgan fingerprint density at radius 2 is 1.39 bits per heavy atom. The van der Waals surface area contributed by atoms with E-state index in [-0.39, 0.29) is 11.6 Å². The van der Waals surface area contributed by atoms with Crippen molar-refractivity contribution < 1.29 is 18.0 Å². The van der Waals surface area contributed by atoms with Crippen LogP contribution in [0, 0.1) is 0 Å². The third-order valence-corrected chi connectivity index (χ3v) is 4.52. The molecule has 166 valence electrons. The molecule has 1 heterocycles. The summed E-state index contributed by atoms with van der Waals surface area (Å²) in [6.45, 7) is 0. The maximum absolute atomic E-state index is 12.8. The van der Waals surface area contributed by atoms with Crippen LogP contribution in [0.2, 0.25) is 0 Å². The number of alkyl halides is 3. The number of hydrazine groups is 1. The summed E-state index contributed by atoms with van der Waals surface area (Å²) >= 11 is 0. The van der Waals surface area contributed by atoms with Crippen LogP contribution in [0.25, 0.3) is 22.5 Å². The number of carbonyl (C=O) groups excluding carboxylic acids is 1. The Hall–Kier alpha value is -4.47. The molecule has 0 spiro atoms. The third kappa shape index (κ3) is 5.42. The minimum atomic E-state index is -4.51. The van der Waals surface area contributed by atoms with Crippen molar-refractivity contribution in [3.8, 4) is 22.5 Å². The molecule has 33 heavy (non-hydrogen) atoms. The van der Waals surface area contributed by atoms with Crippen molar-refractivity contribution in [2.45, 2.75) is 6.18 Å². The van der Waals surface area contributed by atoms with E-state index in [0.29, 0.717) is 11.4 Å². The Morgan fingerprint density at radius 3 is 2.03 bits per heavy atom. The molecule has 0 unspecified atom stereocenters. The Morgan fingerprint density at radius 1 is 0.758 bits per heavy atom. The van der Waals surface area contributed by atoms with Gasteiger partial charge in [-0.3, -0.25) is 5.43 Å². The molecule has 3 aromatic carbocycles. The molecular formula is C23H17F3N6O. The quantitative estimate of drug-likeness (QED) is 0.356. The van der Waals surface area contributed by atoms with E-state index in [0.717, 1.165) is 23.3 Å². The number of nitrogens with zero attached hydrogens (tertiary/aromatic N) is 3. The van der Waals surface area contributed by atoms with Gasteiger partial charge in [0.1, 0.15) is 11.4 Å². The summed E-state index contributed by atoms with van der Waals surface area (Å²) in [6.07, 6.45) is -4.51. The summed E-state index contributed by atoms with van der Waals surface area (Å²) in [5.74, 6) is 0.00715. The van der Waals surface area contributed by atoms with Crippen molar-refractivity contribution in [3.05, 3.63) is 90.5 Å². The lowest BCUT2D eigenvalue weighted by atomic mass is 10.0. The lowest BCUT2D eigenvalue weighted by Crippen LogP contribution is -2.34. The number of hydrogen-bond acceptors (Lipinski definition) is 5. The fourth-order valence-corrected chi connectivity index (χ4v) is 3.01. The average molecular weight is 450 g/mol. The molecule has 0 radical (unpaired) electrons. The second-order valence-corrected chi connectivity index (χ2v) is 6.85. The number of anilines is 2. The largest absolute Gasteiger partial charge is 0.416 e. The molecule has 0 aliphatic heterocycles. The predicted octanol–water partition coefficient (Wildman–Crippen LogP) is 5.37. The van der Waals surface area contributed by atoms with E-state index >= 15 is 0 Å². The molecule has 2 amide bonds. The fourth-order valence-electron chi connectivity index (χ4n) is 3.01. The van der Waals surface area contributed by atoms with Gasteiger partial charge in [0.05, 0.1) is 5.56 Å². The first kappa shape index (κ1) is 21.8. The summed E-state index contributed by atoms with van der Waals surface area (Å²) in [5, 5.41) is 10.6. The van der Waals surface area contributed by atoms with Gasteiger partial charge in [0.25, 0.3) is 5.95 Å². The van der Waals surface area contributed by atoms with Crippen LogP contribution in [-0.4, -0.2) is 21.2 Å². The normalized spacial score (nSPS) is 11.0. The van der Waals surface area contributed by atoms with Crippen molar-refractivity contribution in [1.29, 1.82) is 0 Å². The highest BCUT2D eigenvalue weighted by atomic mass is 19.4. The first-order valence-electron chi connectivity index (χ1n) is 9.76. The summed E-state index contributed by atoms with van der Waals surface area (Å²) in [6, 6.07) is 22.2. The van der Waals surface area contributed by atoms with Gasteiger partial charge in [0, 0.05) is 16.8 Å². The van der Waals surface area contributed by atoms with E-state index in [1.807, 2.05) is 60.7 Å². The number of carbonyl (C=O) groups is 1. The number of nitrogens with one attached hydrogen (secondary N) is 3. The molecule has 10 heteroatoms. The van der Waals surface area contributed by atoms with Crippen molar-refractivity contribution in [3.63, 3.8) is 0 Å². The third-order valence-electron chi connectivity index (χ3n) is 4.52. The van der Waals surface area contributed by atoms with E-state index in [9.17, 15) is 18.0 Å². The fraction of sp³-hybridized carbons (Fsp3) is 0.0435. The second-order valence-electron chi connectivity index (χ2n) is 6.85. The van der Waals surface area contributed by atoms with Gasteiger partial charge in [-0.25, -0.2) is 15.2 Å². The first-order chi connectivity index (χ1) is 15.9. The number of hydrogen-bond donors (Lipinski definition) is 3. The number of aromatic nitrogens is 3. The van der Waals surface area contributed by atoms with Crippen LogP contribution in [-0.2, 0) is 6.18 Å². The molecule has 0 saturated carbocycles. The minimum absolute atomic E-state index is 0.00715. The minimum Gasteiger partial charge on any atom is -0.307 e. The first-order valence-corrected chi connectivity index (χ1v) is 9.76. The van der Waals surface area contributed by atoms with Gasteiger partial charge in [-0.2, -0.15) is 13.2 Å². The van der Waals surface area contributed by atoms with E-state index in [1.165, 1.54) is 12.1 Å². The maximum atomic E-state index is 12.8. The van der Waals surface area contributed by atoms with Crippen molar-refractivity contribution in [1.82, 2.24) is 20.6 Å². The molecule has 0 saturated heterocycles. The highest BCUT2D eigenvalue weighted by Gasteiger charge is 2.30. The van der Waals surface area contributed by atoms with Crippen molar-refractivity contribution in [2.75, 3.05) is 10.7 Å². The van der Waals surface area contributed by atoms with Gasteiger partial charge in [-0.05, 0) is 18.2 Å². The van der Waals surface area contributed by atoms with E-state index < -0.39 is 17.8 Å². The lowest BCUT2D eigenvalue weighted by molar-refractivity contribution is -0.137. The van der Waals surface area contributed by atoms with Crippen LogP contribution in [0.4, 0.5) is 29.6 Å². The van der Waals surface area contributed by atoms with Crippen LogP contribution >= 0.6 is 0 Å². The molecule has 0 bridgehead atoms. The van der Waals surface area contributed by atoms with Gasteiger partial charge in [0.15, 0.2) is 0 Å². The van der Waals surface area contributed by atoms with Crippen LogP contribution < -0.4 is 16.2 Å². The highest BCUT2D eigenvalue weighted by Crippen LogP contribution is 2.31. The Labute approximate surface area is 186 Å². The van der Waals surface area contributed by atoms with Gasteiger partial charge in [-0.15, -0.1) is 10.2 Å². The molecule has 4 rings (SSSR count). The summed E-state index contributed by atoms with van der Waals surface area (Å²) in [4.78, 5) is 16.6. The highest BCUT2D eigenvalue weighted by molar-refractivity contribution is 5.90. The molecular weight excluding hydrogens is 433 g/mol. The van der Waals surface area contributed by atoms with Gasteiger partial charge < -0.3 is 5.32 Å². The number of urea groups is 1. The topological polar surface area (TPSA) is 91.8 Å². The summed E-state index contributed by atoms with van der Waals surface area (Å²) < 4.78 is 38.5. The summed E-state index contributed by atoms with van der Waals surface area (Å²) in [5.41, 5.74) is 6.64. The predicted molar refractivity (Wildman–Crippen MR) is 118 cm³/mol. The van der Waals surface area contributed by atoms with Gasteiger partial charge >= 0.3 is 12.2 Å². The van der Waals surface area contributed by atoms with Crippen LogP contribution in [0.5, 0.6) is 0 Å². The van der Waals surface area contributed by atoms with Crippen molar-refractivity contribution in [2.24, 2.45) is 0 Å². The van der Waals surface area contributed by atoms with Crippen LogP contribution in [0.1, 0.15) is 5.56 Å². The standard InChI is InChI=1S/C23H17F3N6O/c24-23(25,26)17-12-7-13-18(14-17)27-22(33)32-31-21-28-19(15-8-3-1-4-9-15)20(29-30-21)16-10-5-2-6-11-16/h1-14H,(H2,27,32,33)(H,28,30,31). The number of halogens is 3. The molecule has 4 aromatic rings. The second kappa shape index (κ2) is 9.35. The van der Waals surface area contributed by atoms with Gasteiger partial charge in [-0.1, -0.05) is 66.7 Å². The van der Waals surface area contributed by atoms with Crippen LogP contribution in [0.15, 0.2) is 84.9 Å². The number of benzene rings is 3. The van der Waals surface area contributed by atoms with Crippen LogP contribution in [0.3, 0.4) is 0 Å². The molecule has 0 aliphatic rings. The Bertz CT molecular complexity index is 1250. The lowest BCUT2D eigenvalue weighted by Gasteiger charge is -2.12. The molecule has 0 aliphatic carbocycles. The SMILES string of the molecule is O=C(NNc1nnc(-c2ccccc2)c(-c2ccccc2)n1)Nc1cccc(C(F)(F)F)c1. The zero-order valence-electron chi connectivity index (χ0n) is 17.0. The molecule has 7 nitrogen and oxygen atoms in total. The van der Waals surface area contributed by atoms with Gasteiger partial charge in [0.2, 0.25) is 0 Å².